The third kappa shape index (κ3) is 1.98. The number of hydrogen-bond donors (Lipinski definition) is 2. The van der Waals surface area contributed by atoms with E-state index < -0.39 is 11.5 Å². The summed E-state index contributed by atoms with van der Waals surface area (Å²) in [5.74, 6) is -0.866. The van der Waals surface area contributed by atoms with E-state index in [0.29, 0.717) is 12.8 Å². The number of nitrogens with two attached hydrogens (primary N) is 1. The smallest absolute Gasteiger partial charge is 0.323 e. The van der Waals surface area contributed by atoms with E-state index in [4.69, 9.17) is 10.8 Å². The SMILES string of the molecule is NC1(C(=O)O)CCC(=CI)CC1. The Morgan fingerprint density at radius 2 is 2.08 bits per heavy atom. The van der Waals surface area contributed by atoms with Crippen LogP contribution in [0.3, 0.4) is 0 Å². The summed E-state index contributed by atoms with van der Waals surface area (Å²) < 4.78 is 2.03. The summed E-state index contributed by atoms with van der Waals surface area (Å²) in [6.45, 7) is 0. The summed E-state index contributed by atoms with van der Waals surface area (Å²) in [4.78, 5) is 10.7. The van der Waals surface area contributed by atoms with Gasteiger partial charge in [0.2, 0.25) is 0 Å². The van der Waals surface area contributed by atoms with Crippen LogP contribution in [0.1, 0.15) is 25.7 Å². The van der Waals surface area contributed by atoms with Gasteiger partial charge < -0.3 is 10.8 Å². The van der Waals surface area contributed by atoms with Crippen molar-refractivity contribution in [2.24, 2.45) is 5.73 Å². The summed E-state index contributed by atoms with van der Waals surface area (Å²) >= 11 is 2.19. The van der Waals surface area contributed by atoms with Crippen molar-refractivity contribution in [3.63, 3.8) is 0 Å². The molecule has 12 heavy (non-hydrogen) atoms. The summed E-state index contributed by atoms with van der Waals surface area (Å²) in [5, 5.41) is 8.81. The van der Waals surface area contributed by atoms with Crippen molar-refractivity contribution in [1.82, 2.24) is 0 Å². The first kappa shape index (κ1) is 9.98. The predicted molar refractivity (Wildman–Crippen MR) is 55.1 cm³/mol. The van der Waals surface area contributed by atoms with Crippen LogP contribution in [0.2, 0.25) is 0 Å². The van der Waals surface area contributed by atoms with E-state index in [9.17, 15) is 4.79 Å². The average Bonchev–Trinajstić information content (AvgIpc) is 2.06. The molecule has 0 aromatic carbocycles. The van der Waals surface area contributed by atoms with E-state index >= 15 is 0 Å². The third-order valence-corrected chi connectivity index (χ3v) is 3.25. The van der Waals surface area contributed by atoms with Crippen molar-refractivity contribution in [2.75, 3.05) is 0 Å². The van der Waals surface area contributed by atoms with E-state index in [1.165, 1.54) is 5.57 Å². The highest BCUT2D eigenvalue weighted by molar-refractivity contribution is 14.1. The quantitative estimate of drug-likeness (QED) is 0.718. The topological polar surface area (TPSA) is 63.3 Å². The van der Waals surface area contributed by atoms with Crippen molar-refractivity contribution in [2.45, 2.75) is 31.2 Å². The highest BCUT2D eigenvalue weighted by Crippen LogP contribution is 2.30. The molecule has 0 unspecified atom stereocenters. The van der Waals surface area contributed by atoms with Crippen LogP contribution in [0.15, 0.2) is 9.66 Å². The first-order valence-corrected chi connectivity index (χ1v) is 5.13. The van der Waals surface area contributed by atoms with E-state index in [-0.39, 0.29) is 0 Å². The second kappa shape index (κ2) is 3.74. The molecule has 3 nitrogen and oxygen atoms in total. The van der Waals surface area contributed by atoms with Gasteiger partial charge in [0.25, 0.3) is 0 Å². The molecule has 0 aromatic rings. The van der Waals surface area contributed by atoms with E-state index in [2.05, 4.69) is 22.6 Å². The Labute approximate surface area is 85.2 Å². The molecule has 0 bridgehead atoms. The van der Waals surface area contributed by atoms with Gasteiger partial charge in [-0.15, -0.1) is 0 Å². The number of rotatable bonds is 1. The van der Waals surface area contributed by atoms with Gasteiger partial charge in [0.1, 0.15) is 5.54 Å². The molecule has 68 valence electrons. The Morgan fingerprint density at radius 1 is 1.58 bits per heavy atom. The maximum atomic E-state index is 10.7. The second-order valence-corrected chi connectivity index (χ2v) is 3.85. The summed E-state index contributed by atoms with van der Waals surface area (Å²) in [5.41, 5.74) is 6.04. The molecule has 1 saturated carbocycles. The Bertz CT molecular complexity index is 215. The minimum absolute atomic E-state index is 0.567. The summed E-state index contributed by atoms with van der Waals surface area (Å²) in [7, 11) is 0. The first-order valence-electron chi connectivity index (χ1n) is 3.89. The van der Waals surface area contributed by atoms with Crippen molar-refractivity contribution < 1.29 is 9.90 Å². The lowest BCUT2D eigenvalue weighted by molar-refractivity contribution is -0.144. The number of hydrogen-bond acceptors (Lipinski definition) is 2. The molecule has 1 aliphatic rings. The number of aliphatic carboxylic acids is 1. The second-order valence-electron chi connectivity index (χ2n) is 3.23. The number of halogens is 1. The van der Waals surface area contributed by atoms with E-state index in [0.717, 1.165) is 12.8 Å². The van der Waals surface area contributed by atoms with Crippen LogP contribution in [0.25, 0.3) is 0 Å². The third-order valence-electron chi connectivity index (χ3n) is 2.36. The van der Waals surface area contributed by atoms with E-state index in [1.807, 2.05) is 4.08 Å². The number of allylic oxidation sites excluding steroid dienone is 1. The standard InChI is InChI=1S/C8H12INO2/c9-5-6-1-3-8(10,4-2-6)7(11)12/h5H,1-4,10H2,(H,11,12). The van der Waals surface area contributed by atoms with Gasteiger partial charge in [-0.1, -0.05) is 28.2 Å². The van der Waals surface area contributed by atoms with Crippen molar-refractivity contribution in [1.29, 1.82) is 0 Å². The van der Waals surface area contributed by atoms with Gasteiger partial charge in [-0.25, -0.2) is 0 Å². The predicted octanol–water partition coefficient (Wildman–Crippen LogP) is 1.66. The van der Waals surface area contributed by atoms with Crippen LogP contribution < -0.4 is 5.73 Å². The van der Waals surface area contributed by atoms with Gasteiger partial charge in [-0.05, 0) is 29.8 Å². The van der Waals surface area contributed by atoms with Gasteiger partial charge in [-0.3, -0.25) is 4.79 Å². The molecule has 1 fully saturated rings. The highest BCUT2D eigenvalue weighted by Gasteiger charge is 2.36. The van der Waals surface area contributed by atoms with Gasteiger partial charge >= 0.3 is 5.97 Å². The molecule has 0 saturated heterocycles. The van der Waals surface area contributed by atoms with Crippen LogP contribution >= 0.6 is 22.6 Å². The van der Waals surface area contributed by atoms with Crippen LogP contribution in [-0.2, 0) is 4.79 Å². The van der Waals surface area contributed by atoms with Crippen LogP contribution in [-0.4, -0.2) is 16.6 Å². The van der Waals surface area contributed by atoms with Crippen LogP contribution in [0, 0.1) is 0 Å². The Kier molecular flexibility index (Phi) is 3.11. The molecule has 0 aliphatic heterocycles. The van der Waals surface area contributed by atoms with Crippen LogP contribution in [0.5, 0.6) is 0 Å². The maximum Gasteiger partial charge on any atom is 0.323 e. The molecule has 0 radical (unpaired) electrons. The molecule has 3 N–H and O–H groups in total. The van der Waals surface area contributed by atoms with Gasteiger partial charge in [-0.2, -0.15) is 0 Å². The molecule has 4 heteroatoms. The zero-order valence-electron chi connectivity index (χ0n) is 6.72. The Morgan fingerprint density at radius 3 is 2.42 bits per heavy atom. The number of carboxylic acid groups (broad SMARTS) is 1. The Balaban J connectivity index is 2.61. The minimum Gasteiger partial charge on any atom is -0.480 e. The maximum absolute atomic E-state index is 10.7. The molecule has 0 amide bonds. The van der Waals surface area contributed by atoms with Crippen LogP contribution in [0.4, 0.5) is 0 Å². The molecule has 0 aromatic heterocycles. The van der Waals surface area contributed by atoms with Crippen molar-refractivity contribution >= 4 is 28.6 Å². The fourth-order valence-electron chi connectivity index (χ4n) is 1.34. The Hall–Kier alpha value is -0.100. The molecular weight excluding hydrogens is 269 g/mol. The van der Waals surface area contributed by atoms with Crippen molar-refractivity contribution in [3.8, 4) is 0 Å². The zero-order valence-corrected chi connectivity index (χ0v) is 8.87. The number of carboxylic acids is 1. The lowest BCUT2D eigenvalue weighted by Gasteiger charge is -2.29. The summed E-state index contributed by atoms with van der Waals surface area (Å²) in [6, 6.07) is 0. The monoisotopic (exact) mass is 281 g/mol. The van der Waals surface area contributed by atoms with Gasteiger partial charge in [0.05, 0.1) is 0 Å². The normalized spacial score (nSPS) is 30.0. The molecular formula is C8H12INO2. The molecule has 1 rings (SSSR count). The lowest BCUT2D eigenvalue weighted by Crippen LogP contribution is -2.49. The van der Waals surface area contributed by atoms with E-state index in [1.54, 1.807) is 0 Å². The molecule has 0 atom stereocenters. The lowest BCUT2D eigenvalue weighted by atomic mass is 9.81. The first-order chi connectivity index (χ1) is 5.58. The summed E-state index contributed by atoms with van der Waals surface area (Å²) in [6.07, 6.45) is 2.78. The highest BCUT2D eigenvalue weighted by atomic mass is 127. The molecule has 0 spiro atoms. The largest absolute Gasteiger partial charge is 0.480 e. The minimum atomic E-state index is -0.969. The average molecular weight is 281 g/mol. The molecule has 1 aliphatic carbocycles. The fraction of sp³-hybridized carbons (Fsp3) is 0.625. The molecule has 0 heterocycles. The van der Waals surface area contributed by atoms with Gasteiger partial charge in [0.15, 0.2) is 0 Å². The fourth-order valence-corrected chi connectivity index (χ4v) is 1.96. The zero-order chi connectivity index (χ0) is 9.19. The van der Waals surface area contributed by atoms with Crippen molar-refractivity contribution in [3.05, 3.63) is 9.66 Å². The number of carbonyl (C=O) groups is 1. The van der Waals surface area contributed by atoms with Gasteiger partial charge in [0, 0.05) is 0 Å².